The van der Waals surface area contributed by atoms with Crippen LogP contribution in [0, 0.1) is 0 Å². The third-order valence-electron chi connectivity index (χ3n) is 5.80. The molecule has 1 fully saturated rings. The monoisotopic (exact) mass is 453 g/mol. The number of rotatable bonds is 5. The van der Waals surface area contributed by atoms with Crippen molar-refractivity contribution in [1.82, 2.24) is 3.97 Å². The van der Waals surface area contributed by atoms with Gasteiger partial charge in [-0.15, -0.1) is 0 Å². The van der Waals surface area contributed by atoms with Gasteiger partial charge < -0.3 is 4.74 Å². The van der Waals surface area contributed by atoms with E-state index in [-0.39, 0.29) is 32.3 Å². The highest BCUT2D eigenvalue weighted by molar-refractivity contribution is 7.90. The molecule has 0 saturated heterocycles. The molecule has 1 aliphatic carbocycles. The van der Waals surface area contributed by atoms with Gasteiger partial charge in [-0.1, -0.05) is 36.9 Å². The second-order valence-electron chi connectivity index (χ2n) is 7.59. The van der Waals surface area contributed by atoms with Crippen molar-refractivity contribution >= 4 is 32.5 Å². The molecular formula is C22H22ClF2NO3S. The minimum atomic E-state index is -4.11. The second kappa shape index (κ2) is 8.19. The number of fused-ring (bicyclic) bond motifs is 1. The number of hydrogen-bond acceptors (Lipinski definition) is 3. The Hall–Kier alpha value is -2.12. The highest BCUT2D eigenvalue weighted by Crippen LogP contribution is 2.39. The van der Waals surface area contributed by atoms with Crippen LogP contribution in [0.25, 0.3) is 10.9 Å². The van der Waals surface area contributed by atoms with E-state index < -0.39 is 16.4 Å². The number of halogens is 3. The number of methoxy groups -OCH3 is 1. The van der Waals surface area contributed by atoms with Crippen LogP contribution in [0.2, 0.25) is 5.02 Å². The number of nitrogens with zero attached hydrogens (tertiary/aromatic N) is 1. The van der Waals surface area contributed by atoms with Crippen LogP contribution >= 0.6 is 11.6 Å². The standard InChI is InChI=1S/C22H22ClF2NO3S/c1-29-21-10-8-16(12-18(21)14-5-3-2-4-6-14)30(27,28)26-13-19(22(24)25)17-9-7-15(23)11-20(17)26/h7-14,22H,2-6H2,1H3. The van der Waals surface area contributed by atoms with Crippen molar-refractivity contribution in [3.8, 4) is 5.75 Å². The number of hydrogen-bond donors (Lipinski definition) is 0. The molecule has 0 aliphatic heterocycles. The molecule has 1 saturated carbocycles. The minimum Gasteiger partial charge on any atom is -0.496 e. The Morgan fingerprint density at radius 2 is 1.83 bits per heavy atom. The van der Waals surface area contributed by atoms with Crippen LogP contribution < -0.4 is 4.74 Å². The van der Waals surface area contributed by atoms with Crippen LogP contribution in [-0.2, 0) is 10.0 Å². The third-order valence-corrected chi connectivity index (χ3v) is 7.71. The van der Waals surface area contributed by atoms with Gasteiger partial charge in [-0.05, 0) is 54.7 Å². The van der Waals surface area contributed by atoms with Gasteiger partial charge in [0.1, 0.15) is 5.75 Å². The fourth-order valence-corrected chi connectivity index (χ4v) is 5.86. The first-order valence-electron chi connectivity index (χ1n) is 9.85. The van der Waals surface area contributed by atoms with Crippen LogP contribution in [-0.4, -0.2) is 19.5 Å². The maximum atomic E-state index is 13.5. The first-order chi connectivity index (χ1) is 14.3. The maximum absolute atomic E-state index is 13.5. The summed E-state index contributed by atoms with van der Waals surface area (Å²) in [6, 6.07) is 9.02. The first kappa shape index (κ1) is 21.1. The largest absolute Gasteiger partial charge is 0.496 e. The average molecular weight is 454 g/mol. The lowest BCUT2D eigenvalue weighted by Crippen LogP contribution is -2.14. The van der Waals surface area contributed by atoms with E-state index >= 15 is 0 Å². The summed E-state index contributed by atoms with van der Waals surface area (Å²) in [5.74, 6) is 0.867. The van der Waals surface area contributed by atoms with Gasteiger partial charge >= 0.3 is 0 Å². The normalized spacial score (nSPS) is 15.8. The summed E-state index contributed by atoms with van der Waals surface area (Å²) in [5.41, 5.74) is 0.640. The maximum Gasteiger partial charge on any atom is 0.268 e. The van der Waals surface area contributed by atoms with Gasteiger partial charge in [0, 0.05) is 22.2 Å². The quantitative estimate of drug-likeness (QED) is 0.441. The fraction of sp³-hybridized carbons (Fsp3) is 0.364. The van der Waals surface area contributed by atoms with Crippen molar-refractivity contribution in [2.24, 2.45) is 0 Å². The Balaban J connectivity index is 1.87. The molecule has 4 rings (SSSR count). The average Bonchev–Trinajstić information content (AvgIpc) is 3.13. The summed E-state index contributed by atoms with van der Waals surface area (Å²) in [4.78, 5) is 0.0431. The summed E-state index contributed by atoms with van der Waals surface area (Å²) in [6.45, 7) is 0. The fourth-order valence-electron chi connectivity index (χ4n) is 4.29. The van der Waals surface area contributed by atoms with Gasteiger partial charge in [0.2, 0.25) is 0 Å². The number of alkyl halides is 2. The van der Waals surface area contributed by atoms with Crippen LogP contribution in [0.5, 0.6) is 5.75 Å². The third kappa shape index (κ3) is 3.69. The lowest BCUT2D eigenvalue weighted by molar-refractivity contribution is 0.153. The van der Waals surface area contributed by atoms with E-state index in [4.69, 9.17) is 16.3 Å². The van der Waals surface area contributed by atoms with E-state index in [1.54, 1.807) is 19.2 Å². The smallest absolute Gasteiger partial charge is 0.268 e. The molecule has 30 heavy (non-hydrogen) atoms. The number of aromatic nitrogens is 1. The van der Waals surface area contributed by atoms with Crippen molar-refractivity contribution in [2.75, 3.05) is 7.11 Å². The Morgan fingerprint density at radius 3 is 2.50 bits per heavy atom. The highest BCUT2D eigenvalue weighted by Gasteiger charge is 2.27. The molecule has 0 radical (unpaired) electrons. The van der Waals surface area contributed by atoms with Crippen LogP contribution in [0.1, 0.15) is 55.6 Å². The van der Waals surface area contributed by atoms with Gasteiger partial charge in [-0.25, -0.2) is 21.2 Å². The highest BCUT2D eigenvalue weighted by atomic mass is 35.5. The molecule has 4 nitrogen and oxygen atoms in total. The van der Waals surface area contributed by atoms with E-state index in [0.717, 1.165) is 41.4 Å². The molecule has 0 N–H and O–H groups in total. The summed E-state index contributed by atoms with van der Waals surface area (Å²) in [6.07, 6.45) is 3.47. The Kier molecular flexibility index (Phi) is 5.77. The van der Waals surface area contributed by atoms with Crippen LogP contribution in [0.15, 0.2) is 47.5 Å². The van der Waals surface area contributed by atoms with E-state index in [1.165, 1.54) is 30.7 Å². The van der Waals surface area contributed by atoms with Crippen molar-refractivity contribution in [3.63, 3.8) is 0 Å². The molecule has 1 aromatic heterocycles. The number of benzene rings is 2. The van der Waals surface area contributed by atoms with E-state index in [1.807, 2.05) is 0 Å². The van der Waals surface area contributed by atoms with Crippen molar-refractivity contribution in [2.45, 2.75) is 49.3 Å². The lowest BCUT2D eigenvalue weighted by atomic mass is 9.84. The van der Waals surface area contributed by atoms with Gasteiger partial charge in [0.25, 0.3) is 16.4 Å². The van der Waals surface area contributed by atoms with E-state index in [2.05, 4.69) is 0 Å². The summed E-state index contributed by atoms with van der Waals surface area (Å²) < 4.78 is 60.4. The summed E-state index contributed by atoms with van der Waals surface area (Å²) in [7, 11) is -2.55. The second-order valence-corrected chi connectivity index (χ2v) is 9.84. The van der Waals surface area contributed by atoms with E-state index in [9.17, 15) is 17.2 Å². The summed E-state index contributed by atoms with van der Waals surface area (Å²) in [5, 5.41) is 0.439. The molecular weight excluding hydrogens is 432 g/mol. The van der Waals surface area contributed by atoms with Crippen molar-refractivity contribution in [3.05, 3.63) is 58.7 Å². The molecule has 0 spiro atoms. The zero-order valence-electron chi connectivity index (χ0n) is 16.4. The van der Waals surface area contributed by atoms with Gasteiger partial charge in [-0.3, -0.25) is 0 Å². The minimum absolute atomic E-state index is 0.0431. The predicted octanol–water partition coefficient (Wildman–Crippen LogP) is 6.53. The zero-order chi connectivity index (χ0) is 21.5. The molecule has 3 aromatic rings. The Morgan fingerprint density at radius 1 is 1.10 bits per heavy atom. The van der Waals surface area contributed by atoms with Gasteiger partial charge in [0.15, 0.2) is 0 Å². The lowest BCUT2D eigenvalue weighted by Gasteiger charge is -2.24. The topological polar surface area (TPSA) is 48.3 Å². The Labute approximate surface area is 179 Å². The molecule has 1 aliphatic rings. The SMILES string of the molecule is COc1ccc(S(=O)(=O)n2cc(C(F)F)c3ccc(Cl)cc32)cc1C1CCCCC1. The van der Waals surface area contributed by atoms with Crippen molar-refractivity contribution < 1.29 is 21.9 Å². The summed E-state index contributed by atoms with van der Waals surface area (Å²) >= 11 is 6.03. The molecule has 0 amide bonds. The molecule has 0 unspecified atom stereocenters. The predicted molar refractivity (Wildman–Crippen MR) is 113 cm³/mol. The Bertz CT molecular complexity index is 1180. The van der Waals surface area contributed by atoms with E-state index in [0.29, 0.717) is 5.75 Å². The molecule has 8 heteroatoms. The molecule has 160 valence electrons. The molecule has 1 heterocycles. The molecule has 0 bridgehead atoms. The van der Waals surface area contributed by atoms with Crippen molar-refractivity contribution in [1.29, 1.82) is 0 Å². The first-order valence-corrected chi connectivity index (χ1v) is 11.7. The number of ether oxygens (including phenoxy) is 1. The van der Waals surface area contributed by atoms with Crippen LogP contribution in [0.4, 0.5) is 8.78 Å². The van der Waals surface area contributed by atoms with Crippen LogP contribution in [0.3, 0.4) is 0 Å². The molecule has 0 atom stereocenters. The zero-order valence-corrected chi connectivity index (χ0v) is 18.0. The van der Waals surface area contributed by atoms with Gasteiger partial charge in [-0.2, -0.15) is 0 Å². The van der Waals surface area contributed by atoms with Gasteiger partial charge in [0.05, 0.1) is 17.5 Å². The molecule has 2 aromatic carbocycles.